The van der Waals surface area contributed by atoms with Crippen molar-refractivity contribution in [2.45, 2.75) is 12.8 Å². The number of carbonyl (C=O) groups excluding carboxylic acids is 2. The van der Waals surface area contributed by atoms with Gasteiger partial charge in [-0.25, -0.2) is 4.98 Å². The fourth-order valence-corrected chi connectivity index (χ4v) is 4.18. The highest BCUT2D eigenvalue weighted by molar-refractivity contribution is 7.71. The first-order valence-electron chi connectivity index (χ1n) is 8.99. The topological polar surface area (TPSA) is 83.0 Å². The van der Waals surface area contributed by atoms with Gasteiger partial charge in [-0.1, -0.05) is 18.2 Å². The van der Waals surface area contributed by atoms with Crippen LogP contribution in [0.15, 0.2) is 48.1 Å². The molecule has 1 aliphatic rings. The summed E-state index contributed by atoms with van der Waals surface area (Å²) in [6, 6.07) is 9.52. The van der Waals surface area contributed by atoms with Crippen molar-refractivity contribution in [3.63, 3.8) is 0 Å². The number of rotatable bonds is 4. The molecular weight excluding hydrogens is 394 g/mol. The maximum atomic E-state index is 13.2. The number of hydrogen-bond donors (Lipinski definition) is 2. The molecule has 0 bridgehead atoms. The van der Waals surface area contributed by atoms with Gasteiger partial charge >= 0.3 is 0 Å². The Labute approximate surface area is 171 Å². The number of carbonyl (C=O) groups is 2. The Morgan fingerprint density at radius 2 is 2.11 bits per heavy atom. The number of anilines is 1. The quantitative estimate of drug-likeness (QED) is 0.642. The van der Waals surface area contributed by atoms with Crippen molar-refractivity contribution in [1.82, 2.24) is 19.4 Å². The van der Waals surface area contributed by atoms with E-state index in [2.05, 4.69) is 15.3 Å². The van der Waals surface area contributed by atoms with Gasteiger partial charge in [-0.15, -0.1) is 11.3 Å². The molecule has 4 rings (SSSR count). The van der Waals surface area contributed by atoms with Gasteiger partial charge in [0.1, 0.15) is 5.69 Å². The van der Waals surface area contributed by atoms with E-state index in [-0.39, 0.29) is 17.7 Å². The lowest BCUT2D eigenvalue weighted by atomic mass is 9.97. The summed E-state index contributed by atoms with van der Waals surface area (Å²) in [5.41, 5.74) is 1.30. The molecule has 7 nitrogen and oxygen atoms in total. The monoisotopic (exact) mass is 413 g/mol. The van der Waals surface area contributed by atoms with Gasteiger partial charge in [-0.05, 0) is 37.2 Å². The van der Waals surface area contributed by atoms with Gasteiger partial charge in [0.2, 0.25) is 5.91 Å². The first-order chi connectivity index (χ1) is 13.6. The number of thiazole rings is 1. The van der Waals surface area contributed by atoms with Crippen LogP contribution in [-0.2, 0) is 4.79 Å². The summed E-state index contributed by atoms with van der Waals surface area (Å²) in [6.45, 7) is 0.995. The summed E-state index contributed by atoms with van der Waals surface area (Å²) in [5, 5.41) is 5.23. The van der Waals surface area contributed by atoms with Crippen LogP contribution in [0.2, 0.25) is 0 Å². The van der Waals surface area contributed by atoms with Crippen molar-refractivity contribution in [3.8, 4) is 5.69 Å². The standard InChI is InChI=1S/C19H19N5O2S2/c25-16(22-18-20-8-10-28-18)13-5-4-9-23(12-13)17(26)15-11-21-19(27)24(15)14-6-2-1-3-7-14/h1-3,6-8,10-11,13H,4-5,9,12H2,(H,21,27)(H,20,22,25). The number of imidazole rings is 1. The van der Waals surface area contributed by atoms with E-state index in [0.29, 0.717) is 28.7 Å². The number of nitrogens with one attached hydrogen (secondary N) is 2. The molecule has 144 valence electrons. The molecule has 1 aromatic carbocycles. The van der Waals surface area contributed by atoms with Crippen LogP contribution in [0.5, 0.6) is 0 Å². The van der Waals surface area contributed by atoms with Gasteiger partial charge in [0, 0.05) is 36.6 Å². The molecule has 28 heavy (non-hydrogen) atoms. The number of piperidine rings is 1. The van der Waals surface area contributed by atoms with Gasteiger partial charge in [-0.3, -0.25) is 14.2 Å². The van der Waals surface area contributed by atoms with Crippen molar-refractivity contribution in [2.75, 3.05) is 18.4 Å². The molecule has 2 N–H and O–H groups in total. The molecule has 0 spiro atoms. The van der Waals surface area contributed by atoms with Crippen molar-refractivity contribution >= 4 is 40.5 Å². The van der Waals surface area contributed by atoms with E-state index in [1.54, 1.807) is 21.9 Å². The van der Waals surface area contributed by atoms with Gasteiger partial charge in [0.25, 0.3) is 5.91 Å². The number of likely N-dealkylation sites (tertiary alicyclic amines) is 1. The van der Waals surface area contributed by atoms with Crippen molar-refractivity contribution in [3.05, 3.63) is 58.6 Å². The number of aromatic amines is 1. The lowest BCUT2D eigenvalue weighted by Gasteiger charge is -2.32. The molecule has 1 saturated heterocycles. The lowest BCUT2D eigenvalue weighted by Crippen LogP contribution is -2.44. The van der Waals surface area contributed by atoms with E-state index < -0.39 is 0 Å². The van der Waals surface area contributed by atoms with Crippen LogP contribution < -0.4 is 5.32 Å². The van der Waals surface area contributed by atoms with Crippen molar-refractivity contribution in [1.29, 1.82) is 0 Å². The maximum Gasteiger partial charge on any atom is 0.272 e. The van der Waals surface area contributed by atoms with Crippen LogP contribution in [-0.4, -0.2) is 44.3 Å². The van der Waals surface area contributed by atoms with Crippen LogP contribution in [0.3, 0.4) is 0 Å². The normalized spacial score (nSPS) is 16.7. The van der Waals surface area contributed by atoms with Gasteiger partial charge in [-0.2, -0.15) is 0 Å². The molecule has 3 heterocycles. The van der Waals surface area contributed by atoms with Gasteiger partial charge < -0.3 is 15.2 Å². The second-order valence-electron chi connectivity index (χ2n) is 6.57. The summed E-state index contributed by atoms with van der Waals surface area (Å²) < 4.78 is 2.20. The number of hydrogen-bond acceptors (Lipinski definition) is 5. The van der Waals surface area contributed by atoms with Gasteiger partial charge in [0.05, 0.1) is 5.92 Å². The second kappa shape index (κ2) is 8.07. The number of amides is 2. The molecule has 2 amide bonds. The van der Waals surface area contributed by atoms with Crippen LogP contribution in [0.25, 0.3) is 5.69 Å². The summed E-state index contributed by atoms with van der Waals surface area (Å²) in [7, 11) is 0. The van der Waals surface area contributed by atoms with Crippen LogP contribution in [0.1, 0.15) is 23.3 Å². The fraction of sp³-hybridized carbons (Fsp3) is 0.263. The first kappa shape index (κ1) is 18.6. The SMILES string of the molecule is O=C(Nc1nccs1)C1CCCN(C(=O)c2c[nH]c(=S)n2-c2ccccc2)C1. The highest BCUT2D eigenvalue weighted by atomic mass is 32.1. The molecule has 3 aromatic rings. The number of H-pyrrole nitrogens is 1. The lowest BCUT2D eigenvalue weighted by molar-refractivity contribution is -0.121. The highest BCUT2D eigenvalue weighted by Crippen LogP contribution is 2.22. The molecule has 1 aliphatic heterocycles. The van der Waals surface area contributed by atoms with E-state index in [0.717, 1.165) is 18.5 Å². The number of aromatic nitrogens is 3. The van der Waals surface area contributed by atoms with E-state index in [1.165, 1.54) is 11.3 Å². The zero-order chi connectivity index (χ0) is 19.5. The Bertz CT molecular complexity index is 1030. The maximum absolute atomic E-state index is 13.2. The molecule has 0 aliphatic carbocycles. The molecule has 0 saturated carbocycles. The zero-order valence-electron chi connectivity index (χ0n) is 15.0. The van der Waals surface area contributed by atoms with Crippen LogP contribution in [0.4, 0.5) is 5.13 Å². The Morgan fingerprint density at radius 1 is 1.29 bits per heavy atom. The molecule has 1 atom stereocenters. The third-order valence-electron chi connectivity index (χ3n) is 4.75. The molecule has 1 fully saturated rings. The summed E-state index contributed by atoms with van der Waals surface area (Å²) in [6.07, 6.45) is 4.81. The van der Waals surface area contributed by atoms with Gasteiger partial charge in [0.15, 0.2) is 9.90 Å². The Kier molecular flexibility index (Phi) is 5.36. The Balaban J connectivity index is 1.53. The van der Waals surface area contributed by atoms with E-state index in [9.17, 15) is 9.59 Å². The highest BCUT2D eigenvalue weighted by Gasteiger charge is 2.30. The summed E-state index contributed by atoms with van der Waals surface area (Å²) in [5.74, 6) is -0.488. The molecular formula is C19H19N5O2S2. The smallest absolute Gasteiger partial charge is 0.272 e. The molecule has 0 radical (unpaired) electrons. The number of nitrogens with zero attached hydrogens (tertiary/aromatic N) is 3. The van der Waals surface area contributed by atoms with E-state index in [4.69, 9.17) is 12.2 Å². The minimum atomic E-state index is -0.256. The average Bonchev–Trinajstić information content (AvgIpc) is 3.37. The van der Waals surface area contributed by atoms with E-state index >= 15 is 0 Å². The van der Waals surface area contributed by atoms with E-state index in [1.807, 2.05) is 35.7 Å². The predicted molar refractivity (Wildman–Crippen MR) is 110 cm³/mol. The first-order valence-corrected chi connectivity index (χ1v) is 10.3. The van der Waals surface area contributed by atoms with Crippen molar-refractivity contribution < 1.29 is 9.59 Å². The minimum absolute atomic E-state index is 0.0959. The predicted octanol–water partition coefficient (Wildman–Crippen LogP) is 3.48. The van der Waals surface area contributed by atoms with Crippen LogP contribution in [0, 0.1) is 10.7 Å². The third kappa shape index (κ3) is 3.76. The van der Waals surface area contributed by atoms with Crippen molar-refractivity contribution in [2.24, 2.45) is 5.92 Å². The largest absolute Gasteiger partial charge is 0.337 e. The Morgan fingerprint density at radius 3 is 2.86 bits per heavy atom. The second-order valence-corrected chi connectivity index (χ2v) is 7.85. The molecule has 1 unspecified atom stereocenters. The zero-order valence-corrected chi connectivity index (χ0v) is 16.6. The average molecular weight is 414 g/mol. The Hall–Kier alpha value is -2.78. The number of para-hydroxylation sites is 1. The molecule has 9 heteroatoms. The molecule has 2 aromatic heterocycles. The number of benzene rings is 1. The van der Waals surface area contributed by atoms with Crippen LogP contribution >= 0.6 is 23.6 Å². The summed E-state index contributed by atoms with van der Waals surface area (Å²) in [4.78, 5) is 34.5. The minimum Gasteiger partial charge on any atom is -0.337 e. The summed E-state index contributed by atoms with van der Waals surface area (Å²) >= 11 is 6.75. The third-order valence-corrected chi connectivity index (χ3v) is 5.74. The fourth-order valence-electron chi connectivity index (χ4n) is 3.39.